The van der Waals surface area contributed by atoms with Gasteiger partial charge in [-0.15, -0.1) is 0 Å². The molecule has 22 heavy (non-hydrogen) atoms. The molecular formula is C15H21N7. The Morgan fingerprint density at radius 2 is 2.00 bits per heavy atom. The number of hydrogen-bond acceptors (Lipinski definition) is 7. The molecule has 1 aliphatic rings. The summed E-state index contributed by atoms with van der Waals surface area (Å²) in [4.78, 5) is 21.6. The van der Waals surface area contributed by atoms with E-state index in [9.17, 15) is 0 Å². The largest absolute Gasteiger partial charge is 0.365 e. The van der Waals surface area contributed by atoms with E-state index >= 15 is 0 Å². The molecular weight excluding hydrogens is 278 g/mol. The lowest BCUT2D eigenvalue weighted by molar-refractivity contribution is 0.795. The van der Waals surface area contributed by atoms with Crippen LogP contribution in [0.5, 0.6) is 0 Å². The quantitative estimate of drug-likeness (QED) is 0.913. The second kappa shape index (κ2) is 6.13. The standard InChI is InChI=1S/C15H21N7/c1-11-8-17-14(18-9-11)22-7-5-12(10-22)19-13-4-6-16-15(20-13)21(2)3/h4,6,8-9,12H,5,7,10H2,1-3H3,(H,16,19,20). The normalized spacial score (nSPS) is 17.6. The number of aromatic nitrogens is 4. The van der Waals surface area contributed by atoms with Gasteiger partial charge < -0.3 is 15.1 Å². The van der Waals surface area contributed by atoms with Crippen LogP contribution in [0.1, 0.15) is 12.0 Å². The fourth-order valence-corrected chi connectivity index (χ4v) is 2.46. The molecule has 1 unspecified atom stereocenters. The Labute approximate surface area is 130 Å². The van der Waals surface area contributed by atoms with Gasteiger partial charge >= 0.3 is 0 Å². The first kappa shape index (κ1) is 14.5. The highest BCUT2D eigenvalue weighted by Crippen LogP contribution is 2.19. The molecule has 3 rings (SSSR count). The first-order valence-corrected chi connectivity index (χ1v) is 7.42. The molecule has 116 valence electrons. The maximum atomic E-state index is 4.50. The zero-order chi connectivity index (χ0) is 15.5. The predicted octanol–water partition coefficient (Wildman–Crippen LogP) is 1.33. The SMILES string of the molecule is Cc1cnc(N2CCC(Nc3ccnc(N(C)C)n3)C2)nc1. The van der Waals surface area contributed by atoms with E-state index in [2.05, 4.69) is 30.2 Å². The third kappa shape index (κ3) is 3.24. The summed E-state index contributed by atoms with van der Waals surface area (Å²) in [7, 11) is 3.87. The first-order valence-electron chi connectivity index (χ1n) is 7.42. The van der Waals surface area contributed by atoms with E-state index in [1.54, 1.807) is 6.20 Å². The molecule has 2 aromatic rings. The van der Waals surface area contributed by atoms with Crippen LogP contribution in [-0.2, 0) is 0 Å². The van der Waals surface area contributed by atoms with E-state index in [0.717, 1.165) is 36.8 Å². The van der Waals surface area contributed by atoms with Gasteiger partial charge in [0.15, 0.2) is 0 Å². The molecule has 0 radical (unpaired) electrons. The Balaban J connectivity index is 1.63. The van der Waals surface area contributed by atoms with Gasteiger partial charge in [0.2, 0.25) is 11.9 Å². The smallest absolute Gasteiger partial charge is 0.226 e. The van der Waals surface area contributed by atoms with Crippen LogP contribution in [-0.4, -0.2) is 53.2 Å². The molecule has 0 aromatic carbocycles. The van der Waals surface area contributed by atoms with Crippen molar-refractivity contribution in [3.63, 3.8) is 0 Å². The lowest BCUT2D eigenvalue weighted by atomic mass is 10.2. The van der Waals surface area contributed by atoms with Crippen LogP contribution in [0.3, 0.4) is 0 Å². The summed E-state index contributed by atoms with van der Waals surface area (Å²) in [5.41, 5.74) is 1.08. The number of aryl methyl sites for hydroxylation is 1. The van der Waals surface area contributed by atoms with Crippen molar-refractivity contribution in [3.8, 4) is 0 Å². The molecule has 7 heteroatoms. The molecule has 0 spiro atoms. The average Bonchev–Trinajstić information content (AvgIpc) is 2.96. The summed E-state index contributed by atoms with van der Waals surface area (Å²) in [5, 5.41) is 3.47. The number of rotatable bonds is 4. The van der Waals surface area contributed by atoms with Gasteiger partial charge in [-0.3, -0.25) is 0 Å². The second-order valence-corrected chi connectivity index (χ2v) is 5.77. The van der Waals surface area contributed by atoms with Gasteiger partial charge in [-0.25, -0.2) is 15.0 Å². The van der Waals surface area contributed by atoms with E-state index < -0.39 is 0 Å². The molecule has 0 saturated carbocycles. The Kier molecular flexibility index (Phi) is 4.04. The van der Waals surface area contributed by atoms with Crippen LogP contribution < -0.4 is 15.1 Å². The highest BCUT2D eigenvalue weighted by Gasteiger charge is 2.24. The molecule has 2 aromatic heterocycles. The molecule has 1 aliphatic heterocycles. The fraction of sp³-hybridized carbons (Fsp3) is 0.467. The predicted molar refractivity (Wildman–Crippen MR) is 87.4 cm³/mol. The van der Waals surface area contributed by atoms with Crippen molar-refractivity contribution < 1.29 is 0 Å². The van der Waals surface area contributed by atoms with Gasteiger partial charge in [0.25, 0.3) is 0 Å². The summed E-state index contributed by atoms with van der Waals surface area (Å²) in [6.07, 6.45) is 6.53. The molecule has 0 bridgehead atoms. The second-order valence-electron chi connectivity index (χ2n) is 5.77. The van der Waals surface area contributed by atoms with Crippen molar-refractivity contribution in [2.24, 2.45) is 0 Å². The molecule has 1 atom stereocenters. The van der Waals surface area contributed by atoms with E-state index in [1.807, 2.05) is 44.4 Å². The van der Waals surface area contributed by atoms with Crippen molar-refractivity contribution in [3.05, 3.63) is 30.2 Å². The number of nitrogens with one attached hydrogen (secondary N) is 1. The minimum atomic E-state index is 0.342. The topological polar surface area (TPSA) is 70.1 Å². The maximum absolute atomic E-state index is 4.50. The maximum Gasteiger partial charge on any atom is 0.226 e. The molecule has 7 nitrogen and oxygen atoms in total. The summed E-state index contributed by atoms with van der Waals surface area (Å²) in [5.74, 6) is 2.36. The van der Waals surface area contributed by atoms with Gasteiger partial charge in [0, 0.05) is 51.8 Å². The van der Waals surface area contributed by atoms with Gasteiger partial charge in [-0.1, -0.05) is 0 Å². The van der Waals surface area contributed by atoms with Crippen molar-refractivity contribution in [2.45, 2.75) is 19.4 Å². The third-order valence-corrected chi connectivity index (χ3v) is 3.63. The van der Waals surface area contributed by atoms with Crippen molar-refractivity contribution in [1.82, 2.24) is 19.9 Å². The zero-order valence-electron chi connectivity index (χ0n) is 13.2. The third-order valence-electron chi connectivity index (χ3n) is 3.63. The van der Waals surface area contributed by atoms with E-state index in [0.29, 0.717) is 12.0 Å². The highest BCUT2D eigenvalue weighted by atomic mass is 15.3. The van der Waals surface area contributed by atoms with Gasteiger partial charge in [-0.2, -0.15) is 4.98 Å². The van der Waals surface area contributed by atoms with Gasteiger partial charge in [0.1, 0.15) is 5.82 Å². The van der Waals surface area contributed by atoms with Gasteiger partial charge in [-0.05, 0) is 25.0 Å². The lowest BCUT2D eigenvalue weighted by Gasteiger charge is -2.18. The Hall–Kier alpha value is -2.44. The summed E-state index contributed by atoms with van der Waals surface area (Å²) in [6, 6.07) is 2.24. The van der Waals surface area contributed by atoms with E-state index in [1.165, 1.54) is 0 Å². The van der Waals surface area contributed by atoms with Crippen molar-refractivity contribution in [1.29, 1.82) is 0 Å². The average molecular weight is 299 g/mol. The molecule has 0 amide bonds. The Bertz CT molecular complexity index is 626. The molecule has 1 saturated heterocycles. The number of hydrogen-bond donors (Lipinski definition) is 1. The number of anilines is 3. The van der Waals surface area contributed by atoms with Crippen LogP contribution in [0.4, 0.5) is 17.7 Å². The Morgan fingerprint density at radius 1 is 1.23 bits per heavy atom. The fourth-order valence-electron chi connectivity index (χ4n) is 2.46. The minimum absolute atomic E-state index is 0.342. The summed E-state index contributed by atoms with van der Waals surface area (Å²) < 4.78 is 0. The highest BCUT2D eigenvalue weighted by molar-refractivity contribution is 5.43. The van der Waals surface area contributed by atoms with Crippen molar-refractivity contribution in [2.75, 3.05) is 42.3 Å². The van der Waals surface area contributed by atoms with Crippen LogP contribution >= 0.6 is 0 Å². The van der Waals surface area contributed by atoms with Gasteiger partial charge in [0.05, 0.1) is 0 Å². The van der Waals surface area contributed by atoms with Crippen LogP contribution in [0, 0.1) is 6.92 Å². The molecule has 1 N–H and O–H groups in total. The molecule has 0 aliphatic carbocycles. The number of nitrogens with zero attached hydrogens (tertiary/aromatic N) is 6. The van der Waals surface area contributed by atoms with Crippen LogP contribution in [0.2, 0.25) is 0 Å². The summed E-state index contributed by atoms with van der Waals surface area (Å²) in [6.45, 7) is 3.83. The Morgan fingerprint density at radius 3 is 2.73 bits per heavy atom. The first-order chi connectivity index (χ1) is 10.6. The van der Waals surface area contributed by atoms with Crippen molar-refractivity contribution >= 4 is 17.7 Å². The molecule has 1 fully saturated rings. The monoisotopic (exact) mass is 299 g/mol. The summed E-state index contributed by atoms with van der Waals surface area (Å²) >= 11 is 0. The van der Waals surface area contributed by atoms with Crippen LogP contribution in [0.15, 0.2) is 24.7 Å². The van der Waals surface area contributed by atoms with Crippen LogP contribution in [0.25, 0.3) is 0 Å². The molecule has 3 heterocycles. The lowest BCUT2D eigenvalue weighted by Crippen LogP contribution is -2.27. The minimum Gasteiger partial charge on any atom is -0.365 e. The van der Waals surface area contributed by atoms with E-state index in [-0.39, 0.29) is 0 Å². The van der Waals surface area contributed by atoms with E-state index in [4.69, 9.17) is 0 Å². The zero-order valence-corrected chi connectivity index (χ0v) is 13.2.